The van der Waals surface area contributed by atoms with E-state index in [0.717, 1.165) is 0 Å². The van der Waals surface area contributed by atoms with Crippen molar-refractivity contribution in [3.63, 3.8) is 0 Å². The molecule has 13 N–H and O–H groups in total. The number of aromatic amines is 2. The summed E-state index contributed by atoms with van der Waals surface area (Å²) in [6.45, 7) is 7.98. The molecule has 0 spiro atoms. The third-order valence-electron chi connectivity index (χ3n) is 10.3. The number of benzene rings is 1. The summed E-state index contributed by atoms with van der Waals surface area (Å²) in [7, 11) is 0. The van der Waals surface area contributed by atoms with Crippen LogP contribution in [0.5, 0.6) is 0 Å². The summed E-state index contributed by atoms with van der Waals surface area (Å²) in [5, 5.41) is 37.9. The fourth-order valence-corrected chi connectivity index (χ4v) is 6.78. The standard InChI is InChI=1S/C42H62N12O10S/c1-6-23(4)34(54-39(60)28(12-22(2)3)50-41(62)35(24(5)55)53-33(56)16-43)40(61)51-29(13-25-10-8-7-9-11-25)36(57)48-30(14-26-17-44-20-46-26)37(58)49-31(15-27-18-45-21-47-27)38(59)52-32(19-65)42(63)64/h7-11,17-18,20-24,28-32,34-35,55,65H,6,12-16,19,43H2,1-5H3,(H,44,46)(H,45,47)(H,48,57)(H,49,58)(H,50,62)(H,51,61)(H,52,59)(H,53,56)(H,54,60)(H,63,64)/t23-,24+,28-,29-,30-,31-,32-,34-,35-/m0/s1. The molecular formula is C42H62N12O10S. The van der Waals surface area contributed by atoms with Crippen molar-refractivity contribution in [3.8, 4) is 0 Å². The van der Waals surface area contributed by atoms with Gasteiger partial charge in [-0.1, -0.05) is 64.4 Å². The van der Waals surface area contributed by atoms with Crippen molar-refractivity contribution in [2.45, 2.75) is 115 Å². The van der Waals surface area contributed by atoms with E-state index in [2.05, 4.69) is 69.8 Å². The number of carbonyl (C=O) groups excluding carboxylic acids is 7. The molecule has 9 atom stereocenters. The Labute approximate surface area is 382 Å². The topological polar surface area (TPSA) is 345 Å². The molecule has 65 heavy (non-hydrogen) atoms. The number of carboxylic acid groups (broad SMARTS) is 1. The number of nitrogens with two attached hydrogens (primary N) is 1. The normalized spacial score (nSPS) is 15.3. The number of nitrogens with zero attached hydrogens (tertiary/aromatic N) is 2. The van der Waals surface area contributed by atoms with Crippen LogP contribution < -0.4 is 43.0 Å². The lowest BCUT2D eigenvalue weighted by molar-refractivity contribution is -0.141. The lowest BCUT2D eigenvalue weighted by atomic mass is 9.95. The van der Waals surface area contributed by atoms with Crippen molar-refractivity contribution in [1.29, 1.82) is 0 Å². The summed E-state index contributed by atoms with van der Waals surface area (Å²) in [5.41, 5.74) is 6.88. The minimum atomic E-state index is -1.43. The van der Waals surface area contributed by atoms with Gasteiger partial charge < -0.3 is 63.1 Å². The lowest BCUT2D eigenvalue weighted by Gasteiger charge is -2.30. The Kier molecular flexibility index (Phi) is 21.6. The number of amides is 7. The summed E-state index contributed by atoms with van der Waals surface area (Å²) < 4.78 is 0. The summed E-state index contributed by atoms with van der Waals surface area (Å²) in [6, 6.07) is -0.629. The SMILES string of the molecule is CC[C@H](C)[C@H](NC(=O)[C@H](CC(C)C)NC(=O)[C@@H](NC(=O)CN)[C@@H](C)O)C(=O)N[C@@H](Cc1ccccc1)C(=O)N[C@@H](Cc1cnc[nH]1)C(=O)N[C@@H](Cc1cnc[nH]1)C(=O)N[C@@H](CS)C(=O)O. The van der Waals surface area contributed by atoms with Crippen LogP contribution in [0.1, 0.15) is 64.4 Å². The van der Waals surface area contributed by atoms with Crippen LogP contribution >= 0.6 is 12.6 Å². The van der Waals surface area contributed by atoms with E-state index >= 15 is 0 Å². The first-order valence-corrected chi connectivity index (χ1v) is 21.8. The van der Waals surface area contributed by atoms with Crippen LogP contribution in [0.3, 0.4) is 0 Å². The van der Waals surface area contributed by atoms with Gasteiger partial charge in [0.05, 0.1) is 25.3 Å². The molecule has 0 unspecified atom stereocenters. The number of thiol groups is 1. The lowest BCUT2D eigenvalue weighted by Crippen LogP contribution is -2.62. The predicted octanol–water partition coefficient (Wildman–Crippen LogP) is -2.00. The molecule has 1 aromatic carbocycles. The second-order valence-electron chi connectivity index (χ2n) is 16.1. The summed E-state index contributed by atoms with van der Waals surface area (Å²) in [6.07, 6.45) is 4.40. The van der Waals surface area contributed by atoms with E-state index < -0.39 is 108 Å². The average Bonchev–Trinajstić information content (AvgIpc) is 4.00. The third-order valence-corrected chi connectivity index (χ3v) is 10.7. The zero-order chi connectivity index (χ0) is 48.2. The Morgan fingerprint density at radius 1 is 0.646 bits per heavy atom. The van der Waals surface area contributed by atoms with Crippen LogP contribution in [0.25, 0.3) is 0 Å². The number of hydrogen-bond donors (Lipinski definition) is 13. The monoisotopic (exact) mass is 926 g/mol. The summed E-state index contributed by atoms with van der Waals surface area (Å²) in [4.78, 5) is 121. The zero-order valence-corrected chi connectivity index (χ0v) is 37.9. The molecule has 3 rings (SSSR count). The van der Waals surface area contributed by atoms with Gasteiger partial charge in [0.2, 0.25) is 41.4 Å². The second-order valence-corrected chi connectivity index (χ2v) is 16.4. The van der Waals surface area contributed by atoms with Gasteiger partial charge in [-0.3, -0.25) is 33.6 Å². The number of hydrogen-bond acceptors (Lipinski definition) is 13. The number of aliphatic hydroxyl groups excluding tert-OH is 1. The van der Waals surface area contributed by atoms with E-state index in [4.69, 9.17) is 5.73 Å². The van der Waals surface area contributed by atoms with Gasteiger partial charge >= 0.3 is 5.97 Å². The number of aliphatic carboxylic acids is 1. The van der Waals surface area contributed by atoms with Gasteiger partial charge in [-0.05, 0) is 30.7 Å². The number of aromatic nitrogens is 4. The number of H-pyrrole nitrogens is 2. The van der Waals surface area contributed by atoms with Gasteiger partial charge in [0, 0.05) is 48.8 Å². The fraction of sp³-hybridized carbons (Fsp3) is 0.524. The maximum atomic E-state index is 14.4. The van der Waals surface area contributed by atoms with Crippen molar-refractivity contribution < 1.29 is 48.6 Å². The number of carbonyl (C=O) groups is 8. The molecule has 2 aromatic heterocycles. The van der Waals surface area contributed by atoms with Gasteiger partial charge in [0.15, 0.2) is 0 Å². The minimum Gasteiger partial charge on any atom is -0.480 e. The Bertz CT molecular complexity index is 2020. The molecule has 0 saturated heterocycles. The van der Waals surface area contributed by atoms with Crippen LogP contribution in [-0.2, 0) is 57.6 Å². The first-order chi connectivity index (χ1) is 30.9. The number of nitrogens with one attached hydrogen (secondary N) is 9. The number of aliphatic hydroxyl groups is 1. The van der Waals surface area contributed by atoms with Crippen LogP contribution in [-0.4, -0.2) is 138 Å². The summed E-state index contributed by atoms with van der Waals surface area (Å²) in [5.74, 6) is -7.76. The first kappa shape index (κ1) is 53.0. The Morgan fingerprint density at radius 2 is 1.11 bits per heavy atom. The molecule has 0 aliphatic heterocycles. The van der Waals surface area contributed by atoms with E-state index in [0.29, 0.717) is 23.4 Å². The Hall–Kier alpha value is -6.33. The number of rotatable bonds is 27. The van der Waals surface area contributed by atoms with Crippen molar-refractivity contribution in [1.82, 2.24) is 57.2 Å². The van der Waals surface area contributed by atoms with Crippen molar-refractivity contribution >= 4 is 59.9 Å². The molecule has 7 amide bonds. The molecule has 22 nitrogen and oxygen atoms in total. The first-order valence-electron chi connectivity index (χ1n) is 21.2. The summed E-state index contributed by atoms with van der Waals surface area (Å²) >= 11 is 4.01. The number of imidazole rings is 2. The quantitative estimate of drug-likeness (QED) is 0.0369. The molecule has 0 bridgehead atoms. The molecule has 23 heteroatoms. The van der Waals surface area contributed by atoms with Gasteiger partial charge in [-0.15, -0.1) is 0 Å². The van der Waals surface area contributed by atoms with Gasteiger partial charge in [0.25, 0.3) is 0 Å². The highest BCUT2D eigenvalue weighted by Crippen LogP contribution is 2.14. The zero-order valence-electron chi connectivity index (χ0n) is 37.0. The molecule has 2 heterocycles. The molecule has 0 saturated carbocycles. The van der Waals surface area contributed by atoms with Gasteiger partial charge in [0.1, 0.15) is 42.3 Å². The van der Waals surface area contributed by atoms with Crippen LogP contribution in [0, 0.1) is 11.8 Å². The molecule has 3 aromatic rings. The molecule has 356 valence electrons. The van der Waals surface area contributed by atoms with Crippen LogP contribution in [0.15, 0.2) is 55.4 Å². The highest BCUT2D eigenvalue weighted by atomic mass is 32.1. The minimum absolute atomic E-state index is 0.0651. The van der Waals surface area contributed by atoms with E-state index in [9.17, 15) is 48.6 Å². The van der Waals surface area contributed by atoms with E-state index in [1.807, 2.05) is 13.8 Å². The second kappa shape index (κ2) is 26.5. The third kappa shape index (κ3) is 17.3. The van der Waals surface area contributed by atoms with Gasteiger partial charge in [-0.2, -0.15) is 12.6 Å². The largest absolute Gasteiger partial charge is 0.480 e. The average molecular weight is 927 g/mol. The van der Waals surface area contributed by atoms with E-state index in [1.165, 1.54) is 32.0 Å². The highest BCUT2D eigenvalue weighted by Gasteiger charge is 2.36. The van der Waals surface area contributed by atoms with E-state index in [1.54, 1.807) is 44.2 Å². The molecule has 0 radical (unpaired) electrons. The van der Waals surface area contributed by atoms with Crippen molar-refractivity contribution in [3.05, 3.63) is 72.3 Å². The Balaban J connectivity index is 1.94. The maximum absolute atomic E-state index is 14.4. The smallest absolute Gasteiger partial charge is 0.327 e. The van der Waals surface area contributed by atoms with Crippen molar-refractivity contribution in [2.24, 2.45) is 17.6 Å². The maximum Gasteiger partial charge on any atom is 0.327 e. The molecule has 0 fully saturated rings. The number of carboxylic acids is 1. The highest BCUT2D eigenvalue weighted by molar-refractivity contribution is 7.80. The predicted molar refractivity (Wildman–Crippen MR) is 239 cm³/mol. The van der Waals surface area contributed by atoms with Gasteiger partial charge in [-0.25, -0.2) is 14.8 Å². The molecular weight excluding hydrogens is 865 g/mol. The van der Waals surface area contributed by atoms with Crippen LogP contribution in [0.4, 0.5) is 0 Å². The Morgan fingerprint density at radius 3 is 1.54 bits per heavy atom. The van der Waals surface area contributed by atoms with Crippen LogP contribution in [0.2, 0.25) is 0 Å². The van der Waals surface area contributed by atoms with Crippen molar-refractivity contribution in [2.75, 3.05) is 12.3 Å². The molecule has 0 aliphatic carbocycles. The fourth-order valence-electron chi connectivity index (χ4n) is 6.53. The molecule has 0 aliphatic rings. The van der Waals surface area contributed by atoms with E-state index in [-0.39, 0.29) is 37.4 Å².